The van der Waals surface area contributed by atoms with Gasteiger partial charge >= 0.3 is 0 Å². The number of carbonyl (C=O) groups is 1. The van der Waals surface area contributed by atoms with Crippen molar-refractivity contribution in [3.05, 3.63) is 89.5 Å². The van der Waals surface area contributed by atoms with E-state index < -0.39 is 0 Å². The largest absolute Gasteiger partial charge is 0.438 e. The minimum Gasteiger partial charge on any atom is -0.438 e. The number of halogens is 1. The number of aryl methyl sites for hydroxylation is 2. The van der Waals surface area contributed by atoms with Crippen molar-refractivity contribution in [1.29, 1.82) is 0 Å². The molecule has 0 saturated heterocycles. The van der Waals surface area contributed by atoms with Crippen LogP contribution in [0.15, 0.2) is 66.7 Å². The van der Waals surface area contributed by atoms with Gasteiger partial charge in [0.25, 0.3) is 0 Å². The van der Waals surface area contributed by atoms with Gasteiger partial charge in [-0.2, -0.15) is 5.10 Å². The van der Waals surface area contributed by atoms with Crippen molar-refractivity contribution in [3.8, 4) is 17.4 Å². The summed E-state index contributed by atoms with van der Waals surface area (Å²) >= 11 is 0. The Kier molecular flexibility index (Phi) is 5.70. The van der Waals surface area contributed by atoms with Crippen LogP contribution in [0.4, 0.5) is 10.1 Å². The minimum atomic E-state index is -0.328. The quantitative estimate of drug-likeness (QED) is 0.503. The number of benzene rings is 2. The molecule has 0 aliphatic rings. The third-order valence-electron chi connectivity index (χ3n) is 4.49. The number of anilines is 1. The first-order chi connectivity index (χ1) is 15.0. The molecule has 0 unspecified atom stereocenters. The molecule has 1 amide bonds. The van der Waals surface area contributed by atoms with Crippen LogP contribution in [0.3, 0.4) is 0 Å². The zero-order valence-corrected chi connectivity index (χ0v) is 17.0. The van der Waals surface area contributed by atoms with Gasteiger partial charge in [-0.1, -0.05) is 12.1 Å². The van der Waals surface area contributed by atoms with E-state index in [1.54, 1.807) is 53.2 Å². The fraction of sp³-hybridized carbons (Fsp3) is 0.130. The van der Waals surface area contributed by atoms with Crippen LogP contribution in [0, 0.1) is 19.7 Å². The first-order valence-electron chi connectivity index (χ1n) is 9.66. The minimum absolute atomic E-state index is 0.162. The maximum Gasteiger partial charge on any atom is 0.238 e. The summed E-state index contributed by atoms with van der Waals surface area (Å²) in [4.78, 5) is 12.2. The Morgan fingerprint density at radius 3 is 2.35 bits per heavy atom. The van der Waals surface area contributed by atoms with E-state index in [4.69, 9.17) is 4.74 Å². The predicted octanol–water partition coefficient (Wildman–Crippen LogP) is 4.39. The highest BCUT2D eigenvalue weighted by Crippen LogP contribution is 2.22. The lowest BCUT2D eigenvalue weighted by Crippen LogP contribution is -2.14. The van der Waals surface area contributed by atoms with Gasteiger partial charge in [0.05, 0.1) is 12.1 Å². The topological polar surface area (TPSA) is 81.9 Å². The second-order valence-electron chi connectivity index (χ2n) is 7.05. The van der Waals surface area contributed by atoms with Crippen LogP contribution in [-0.4, -0.2) is 25.9 Å². The lowest BCUT2D eigenvalue weighted by atomic mass is 10.1. The molecule has 4 rings (SSSR count). The van der Waals surface area contributed by atoms with Gasteiger partial charge < -0.3 is 10.1 Å². The molecule has 8 heteroatoms. The summed E-state index contributed by atoms with van der Waals surface area (Å²) in [6.07, 6.45) is 0.162. The number of nitrogens with zero attached hydrogens (tertiary/aromatic N) is 4. The Morgan fingerprint density at radius 1 is 1.00 bits per heavy atom. The van der Waals surface area contributed by atoms with Gasteiger partial charge in [0.15, 0.2) is 5.82 Å². The zero-order chi connectivity index (χ0) is 21.8. The van der Waals surface area contributed by atoms with E-state index in [0.29, 0.717) is 23.1 Å². The SMILES string of the molecule is Cc1cc(C)n(-c2ccc(Oc3ccc(NC(=O)Cc4ccc(F)cc4)cc3)nn2)n1. The number of rotatable bonds is 6. The summed E-state index contributed by atoms with van der Waals surface area (Å²) < 4.78 is 20.4. The summed E-state index contributed by atoms with van der Waals surface area (Å²) in [5.74, 6) is 0.997. The molecule has 0 spiro atoms. The van der Waals surface area contributed by atoms with Gasteiger partial charge in [0.1, 0.15) is 11.6 Å². The Morgan fingerprint density at radius 2 is 1.74 bits per heavy atom. The standard InChI is InChI=1S/C23H20FN5O2/c1-15-13-16(2)29(28-15)21-11-12-23(27-26-21)31-20-9-7-19(8-10-20)25-22(30)14-17-3-5-18(24)6-4-17/h3-13H,14H2,1-2H3,(H,25,30). The molecule has 0 aliphatic heterocycles. The van der Waals surface area contributed by atoms with E-state index >= 15 is 0 Å². The average Bonchev–Trinajstić information content (AvgIpc) is 3.10. The third-order valence-corrected chi connectivity index (χ3v) is 4.49. The average molecular weight is 417 g/mol. The maximum absolute atomic E-state index is 13.0. The lowest BCUT2D eigenvalue weighted by molar-refractivity contribution is -0.115. The molecule has 0 radical (unpaired) electrons. The van der Waals surface area contributed by atoms with Crippen LogP contribution in [0.5, 0.6) is 11.6 Å². The fourth-order valence-electron chi connectivity index (χ4n) is 3.06. The van der Waals surface area contributed by atoms with Gasteiger partial charge in [-0.15, -0.1) is 10.2 Å². The predicted molar refractivity (Wildman–Crippen MR) is 114 cm³/mol. The molecule has 4 aromatic rings. The van der Waals surface area contributed by atoms with Crippen LogP contribution in [-0.2, 0) is 11.2 Å². The van der Waals surface area contributed by atoms with E-state index in [9.17, 15) is 9.18 Å². The lowest BCUT2D eigenvalue weighted by Gasteiger charge is -2.08. The number of hydrogen-bond acceptors (Lipinski definition) is 5. The van der Waals surface area contributed by atoms with Crippen molar-refractivity contribution in [2.24, 2.45) is 0 Å². The maximum atomic E-state index is 13.0. The molecule has 0 aliphatic carbocycles. The van der Waals surface area contributed by atoms with E-state index in [-0.39, 0.29) is 18.1 Å². The van der Waals surface area contributed by atoms with Crippen molar-refractivity contribution in [2.75, 3.05) is 5.32 Å². The van der Waals surface area contributed by atoms with E-state index in [1.165, 1.54) is 12.1 Å². The van der Waals surface area contributed by atoms with E-state index in [1.807, 2.05) is 19.9 Å². The van der Waals surface area contributed by atoms with Gasteiger partial charge in [0.2, 0.25) is 11.8 Å². The van der Waals surface area contributed by atoms with Gasteiger partial charge in [-0.25, -0.2) is 9.07 Å². The second-order valence-corrected chi connectivity index (χ2v) is 7.05. The molecule has 1 N–H and O–H groups in total. The third kappa shape index (κ3) is 5.11. The number of ether oxygens (including phenoxy) is 1. The number of aromatic nitrogens is 4. The highest BCUT2D eigenvalue weighted by atomic mass is 19.1. The number of amides is 1. The van der Waals surface area contributed by atoms with Crippen molar-refractivity contribution in [1.82, 2.24) is 20.0 Å². The summed E-state index contributed by atoms with van der Waals surface area (Å²) in [7, 11) is 0. The molecule has 2 heterocycles. The van der Waals surface area contributed by atoms with Gasteiger partial charge in [-0.3, -0.25) is 4.79 Å². The van der Waals surface area contributed by atoms with Gasteiger partial charge in [0, 0.05) is 17.4 Å². The monoisotopic (exact) mass is 417 g/mol. The molecule has 2 aromatic carbocycles. The van der Waals surface area contributed by atoms with Crippen molar-refractivity contribution in [2.45, 2.75) is 20.3 Å². The van der Waals surface area contributed by atoms with Crippen LogP contribution in [0.25, 0.3) is 5.82 Å². The summed E-state index contributed by atoms with van der Waals surface area (Å²) in [5, 5.41) is 15.4. The molecule has 7 nitrogen and oxygen atoms in total. The summed E-state index contributed by atoms with van der Waals surface area (Å²) in [6.45, 7) is 3.87. The highest BCUT2D eigenvalue weighted by Gasteiger charge is 2.08. The summed E-state index contributed by atoms with van der Waals surface area (Å²) in [6, 6.07) is 18.2. The number of hydrogen-bond donors (Lipinski definition) is 1. The first kappa shape index (κ1) is 20.2. The zero-order valence-electron chi connectivity index (χ0n) is 17.0. The molecule has 156 valence electrons. The summed E-state index contributed by atoms with van der Waals surface area (Å²) in [5.41, 5.74) is 3.24. The fourth-order valence-corrected chi connectivity index (χ4v) is 3.06. The van der Waals surface area contributed by atoms with Crippen LogP contribution in [0.1, 0.15) is 17.0 Å². The molecule has 0 atom stereocenters. The second kappa shape index (κ2) is 8.74. The van der Waals surface area contributed by atoms with Crippen LogP contribution < -0.4 is 10.1 Å². The van der Waals surface area contributed by atoms with Gasteiger partial charge in [-0.05, 0) is 67.9 Å². The molecule has 0 saturated carbocycles. The van der Waals surface area contributed by atoms with Crippen LogP contribution in [0.2, 0.25) is 0 Å². The van der Waals surface area contributed by atoms with Crippen LogP contribution >= 0.6 is 0 Å². The Labute approximate surface area is 178 Å². The Hall–Kier alpha value is -4.07. The number of nitrogens with one attached hydrogen (secondary N) is 1. The normalized spacial score (nSPS) is 10.7. The first-order valence-corrected chi connectivity index (χ1v) is 9.66. The Bertz CT molecular complexity index is 1190. The molecule has 0 bridgehead atoms. The highest BCUT2D eigenvalue weighted by molar-refractivity contribution is 5.92. The van der Waals surface area contributed by atoms with E-state index in [2.05, 4.69) is 20.6 Å². The smallest absolute Gasteiger partial charge is 0.238 e. The molecule has 2 aromatic heterocycles. The number of carbonyl (C=O) groups excluding carboxylic acids is 1. The molecule has 31 heavy (non-hydrogen) atoms. The Balaban J connectivity index is 1.35. The molecular weight excluding hydrogens is 397 g/mol. The molecule has 0 fully saturated rings. The van der Waals surface area contributed by atoms with Crippen molar-refractivity contribution < 1.29 is 13.9 Å². The van der Waals surface area contributed by atoms with Crippen molar-refractivity contribution >= 4 is 11.6 Å². The molecular formula is C23H20FN5O2. The van der Waals surface area contributed by atoms with Crippen molar-refractivity contribution in [3.63, 3.8) is 0 Å². The van der Waals surface area contributed by atoms with E-state index in [0.717, 1.165) is 17.0 Å².